The van der Waals surface area contributed by atoms with E-state index >= 15 is 0 Å². The summed E-state index contributed by atoms with van der Waals surface area (Å²) in [5.41, 5.74) is 3.48. The summed E-state index contributed by atoms with van der Waals surface area (Å²) in [5, 5.41) is 0. The average Bonchev–Trinajstić information content (AvgIpc) is 2.54. The Morgan fingerprint density at radius 3 is 2.43 bits per heavy atom. The highest BCUT2D eigenvalue weighted by molar-refractivity contribution is 14.1. The van der Waals surface area contributed by atoms with Crippen LogP contribution in [0, 0.1) is 3.57 Å². The van der Waals surface area contributed by atoms with E-state index in [1.807, 2.05) is 18.3 Å². The van der Waals surface area contributed by atoms with Gasteiger partial charge in [-0.2, -0.15) is 0 Å². The number of rotatable bonds is 3. The van der Waals surface area contributed by atoms with Gasteiger partial charge in [-0.1, -0.05) is 18.2 Å². The van der Waals surface area contributed by atoms with Crippen LogP contribution in [0.25, 0.3) is 0 Å². The summed E-state index contributed by atoms with van der Waals surface area (Å²) >= 11 is 2.31. The molecule has 0 saturated carbocycles. The van der Waals surface area contributed by atoms with Gasteiger partial charge in [0.05, 0.1) is 5.69 Å². The Balaban J connectivity index is 1.69. The number of benzene rings is 2. The summed E-state index contributed by atoms with van der Waals surface area (Å²) in [5.74, 6) is 0. The van der Waals surface area contributed by atoms with Gasteiger partial charge in [0.2, 0.25) is 0 Å². The lowest BCUT2D eigenvalue weighted by Crippen LogP contribution is -2.29. The highest BCUT2D eigenvalue weighted by Crippen LogP contribution is 2.20. The standard InChI is InChI=1S/C18H19IN2/c19-16-5-4-6-17(13-16)20-14-15-7-9-18(10-8-15)21-11-2-1-3-12-21/h4-10,13-14H,1-3,11-12H2. The van der Waals surface area contributed by atoms with Gasteiger partial charge in [-0.25, -0.2) is 0 Å². The first-order chi connectivity index (χ1) is 10.3. The van der Waals surface area contributed by atoms with Crippen LogP contribution in [0.3, 0.4) is 0 Å². The molecule has 0 aromatic heterocycles. The van der Waals surface area contributed by atoms with E-state index in [0.29, 0.717) is 0 Å². The van der Waals surface area contributed by atoms with Gasteiger partial charge in [0.15, 0.2) is 0 Å². The summed E-state index contributed by atoms with van der Waals surface area (Å²) in [7, 11) is 0. The van der Waals surface area contributed by atoms with Gasteiger partial charge in [-0.05, 0) is 77.7 Å². The maximum atomic E-state index is 4.54. The zero-order valence-electron chi connectivity index (χ0n) is 12.0. The topological polar surface area (TPSA) is 15.6 Å². The lowest BCUT2D eigenvalue weighted by atomic mass is 10.1. The Morgan fingerprint density at radius 2 is 1.71 bits per heavy atom. The zero-order chi connectivity index (χ0) is 14.5. The van der Waals surface area contributed by atoms with Crippen molar-refractivity contribution in [1.29, 1.82) is 0 Å². The third-order valence-corrected chi connectivity index (χ3v) is 4.46. The van der Waals surface area contributed by atoms with Gasteiger partial charge in [-0.15, -0.1) is 0 Å². The van der Waals surface area contributed by atoms with Crippen LogP contribution >= 0.6 is 22.6 Å². The number of nitrogens with zero attached hydrogens (tertiary/aromatic N) is 2. The van der Waals surface area contributed by atoms with Crippen LogP contribution in [-0.4, -0.2) is 19.3 Å². The Labute approximate surface area is 140 Å². The van der Waals surface area contributed by atoms with Gasteiger partial charge in [-0.3, -0.25) is 4.99 Å². The smallest absolute Gasteiger partial charge is 0.0640 e. The monoisotopic (exact) mass is 390 g/mol. The second-order valence-corrected chi connectivity index (χ2v) is 6.62. The first-order valence-corrected chi connectivity index (χ1v) is 8.54. The molecular formula is C18H19IN2. The molecule has 3 rings (SSSR count). The minimum atomic E-state index is 1.00. The van der Waals surface area contributed by atoms with Crippen LogP contribution < -0.4 is 4.90 Å². The number of halogens is 1. The van der Waals surface area contributed by atoms with E-state index in [4.69, 9.17) is 0 Å². The van der Waals surface area contributed by atoms with E-state index in [0.717, 1.165) is 11.3 Å². The summed E-state index contributed by atoms with van der Waals surface area (Å²) in [4.78, 5) is 7.01. The first-order valence-electron chi connectivity index (χ1n) is 7.46. The fourth-order valence-electron chi connectivity index (χ4n) is 2.63. The molecule has 1 fully saturated rings. The molecule has 0 spiro atoms. The highest BCUT2D eigenvalue weighted by atomic mass is 127. The van der Waals surface area contributed by atoms with Crippen molar-refractivity contribution in [2.45, 2.75) is 19.3 Å². The van der Waals surface area contributed by atoms with Crippen molar-refractivity contribution in [2.24, 2.45) is 4.99 Å². The van der Waals surface area contributed by atoms with Crippen LogP contribution in [0.5, 0.6) is 0 Å². The lowest BCUT2D eigenvalue weighted by Gasteiger charge is -2.28. The molecule has 3 heteroatoms. The number of aliphatic imine (C=N–C) groups is 1. The molecule has 0 N–H and O–H groups in total. The van der Waals surface area contributed by atoms with Gasteiger partial charge in [0.1, 0.15) is 0 Å². The third-order valence-electron chi connectivity index (χ3n) is 3.79. The molecule has 1 aliphatic rings. The number of hydrogen-bond donors (Lipinski definition) is 0. The van der Waals surface area contributed by atoms with Crippen LogP contribution in [0.4, 0.5) is 11.4 Å². The molecule has 2 aromatic carbocycles. The summed E-state index contributed by atoms with van der Waals surface area (Å²) in [6, 6.07) is 17.0. The largest absolute Gasteiger partial charge is 0.372 e. The highest BCUT2D eigenvalue weighted by Gasteiger charge is 2.10. The number of hydrogen-bond acceptors (Lipinski definition) is 2. The molecule has 1 saturated heterocycles. The van der Waals surface area contributed by atoms with Gasteiger partial charge in [0.25, 0.3) is 0 Å². The van der Waals surface area contributed by atoms with Crippen molar-refractivity contribution in [3.8, 4) is 0 Å². The first kappa shape index (κ1) is 14.6. The van der Waals surface area contributed by atoms with E-state index in [2.05, 4.69) is 68.9 Å². The average molecular weight is 390 g/mol. The predicted octanol–water partition coefficient (Wildman–Crippen LogP) is 5.03. The van der Waals surface area contributed by atoms with Crippen molar-refractivity contribution in [1.82, 2.24) is 0 Å². The summed E-state index contributed by atoms with van der Waals surface area (Å²) in [6.07, 6.45) is 5.94. The normalized spacial score (nSPS) is 15.6. The van der Waals surface area contributed by atoms with Crippen LogP contribution in [0.1, 0.15) is 24.8 Å². The van der Waals surface area contributed by atoms with E-state index < -0.39 is 0 Å². The van der Waals surface area contributed by atoms with Crippen molar-refractivity contribution in [2.75, 3.05) is 18.0 Å². The van der Waals surface area contributed by atoms with Gasteiger partial charge in [0, 0.05) is 28.6 Å². The zero-order valence-corrected chi connectivity index (χ0v) is 14.2. The molecule has 2 aromatic rings. The van der Waals surface area contributed by atoms with Crippen LogP contribution in [0.2, 0.25) is 0 Å². The molecule has 2 nitrogen and oxygen atoms in total. The maximum Gasteiger partial charge on any atom is 0.0640 e. The van der Waals surface area contributed by atoms with Crippen LogP contribution in [-0.2, 0) is 0 Å². The molecule has 0 radical (unpaired) electrons. The number of anilines is 1. The van der Waals surface area contributed by atoms with E-state index in [9.17, 15) is 0 Å². The summed E-state index contributed by atoms with van der Waals surface area (Å²) in [6.45, 7) is 2.38. The van der Waals surface area contributed by atoms with Gasteiger partial charge < -0.3 is 4.90 Å². The van der Waals surface area contributed by atoms with Gasteiger partial charge >= 0.3 is 0 Å². The van der Waals surface area contributed by atoms with Crippen molar-refractivity contribution < 1.29 is 0 Å². The fourth-order valence-corrected chi connectivity index (χ4v) is 3.16. The summed E-state index contributed by atoms with van der Waals surface area (Å²) < 4.78 is 1.21. The van der Waals surface area contributed by atoms with Crippen molar-refractivity contribution in [3.05, 3.63) is 57.7 Å². The molecular weight excluding hydrogens is 371 g/mol. The molecule has 1 heterocycles. The minimum Gasteiger partial charge on any atom is -0.372 e. The van der Waals surface area contributed by atoms with Crippen molar-refractivity contribution >= 4 is 40.2 Å². The molecule has 21 heavy (non-hydrogen) atoms. The van der Waals surface area contributed by atoms with E-state index in [1.54, 1.807) is 0 Å². The Morgan fingerprint density at radius 1 is 0.952 bits per heavy atom. The molecule has 0 aliphatic carbocycles. The second-order valence-electron chi connectivity index (χ2n) is 5.38. The molecule has 0 unspecified atom stereocenters. The minimum absolute atomic E-state index is 1.00. The van der Waals surface area contributed by atoms with Crippen molar-refractivity contribution in [3.63, 3.8) is 0 Å². The SMILES string of the molecule is Ic1cccc(N=Cc2ccc(N3CCCCC3)cc2)c1. The number of piperidine rings is 1. The second kappa shape index (κ2) is 7.07. The quantitative estimate of drug-likeness (QED) is 0.530. The molecule has 108 valence electrons. The molecule has 0 amide bonds. The predicted molar refractivity (Wildman–Crippen MR) is 98.9 cm³/mol. The Bertz CT molecular complexity index is 613. The molecule has 0 atom stereocenters. The van der Waals surface area contributed by atoms with E-state index in [-0.39, 0.29) is 0 Å². The Hall–Kier alpha value is -1.36. The maximum absolute atomic E-state index is 4.54. The van der Waals surface area contributed by atoms with Crippen LogP contribution in [0.15, 0.2) is 53.5 Å². The third kappa shape index (κ3) is 4.06. The molecule has 0 bridgehead atoms. The molecule has 1 aliphatic heterocycles. The Kier molecular flexibility index (Phi) is 4.91. The van der Waals surface area contributed by atoms with E-state index in [1.165, 1.54) is 41.6 Å². The lowest BCUT2D eigenvalue weighted by molar-refractivity contribution is 0.578. The fraction of sp³-hybridized carbons (Fsp3) is 0.278.